The number of carbonyl (C=O) groups excluding carboxylic acids is 1. The molecule has 3 N–H and O–H groups in total. The van der Waals surface area contributed by atoms with Gasteiger partial charge in [0.2, 0.25) is 0 Å². The van der Waals surface area contributed by atoms with E-state index in [0.717, 1.165) is 0 Å². The monoisotopic (exact) mass is 267 g/mol. The summed E-state index contributed by atoms with van der Waals surface area (Å²) in [5, 5.41) is 13.5. The fourth-order valence-electron chi connectivity index (χ4n) is 1.49. The van der Waals surface area contributed by atoms with Crippen LogP contribution in [0, 0.1) is 10.1 Å². The highest BCUT2D eigenvalue weighted by Gasteiger charge is 2.20. The first kappa shape index (κ1) is 14.9. The Morgan fingerprint density at radius 1 is 1.58 bits per heavy atom. The maximum atomic E-state index is 11.9. The number of nitrogens with two attached hydrogens (primary N) is 1. The van der Waals surface area contributed by atoms with Gasteiger partial charge in [-0.25, -0.2) is 0 Å². The fourth-order valence-corrected chi connectivity index (χ4v) is 1.49. The van der Waals surface area contributed by atoms with Crippen molar-refractivity contribution in [3.63, 3.8) is 0 Å². The third-order valence-electron chi connectivity index (χ3n) is 2.53. The molecule has 0 radical (unpaired) electrons. The van der Waals surface area contributed by atoms with E-state index in [0.29, 0.717) is 18.7 Å². The number of carbonyl (C=O) groups is 1. The summed E-state index contributed by atoms with van der Waals surface area (Å²) in [5.74, 6) is -0.116. The summed E-state index contributed by atoms with van der Waals surface area (Å²) in [6.45, 7) is 2.19. The van der Waals surface area contributed by atoms with E-state index in [2.05, 4.69) is 5.32 Å². The molecule has 0 aliphatic rings. The normalized spacial score (nSPS) is 11.7. The molecular weight excluding hydrogens is 250 g/mol. The van der Waals surface area contributed by atoms with Crippen molar-refractivity contribution in [2.45, 2.75) is 19.4 Å². The lowest BCUT2D eigenvalue weighted by Gasteiger charge is -2.08. The summed E-state index contributed by atoms with van der Waals surface area (Å²) in [6, 6.07) is 4.00. The molecule has 0 fully saturated rings. The quantitative estimate of drug-likeness (QED) is 0.592. The van der Waals surface area contributed by atoms with Crippen molar-refractivity contribution in [2.24, 2.45) is 5.73 Å². The third kappa shape index (κ3) is 4.22. The standard InChI is InChI=1S/C12H17N3O4/c1-8(13)5-6-14-12(16)10-7-9(19-2)3-4-11(10)15(17)18/h3-4,7-8H,5-6,13H2,1-2H3,(H,14,16). The Kier molecular flexibility index (Phi) is 5.25. The molecule has 1 amide bonds. The number of methoxy groups -OCH3 is 1. The molecule has 0 saturated carbocycles. The number of amides is 1. The summed E-state index contributed by atoms with van der Waals surface area (Å²) < 4.78 is 4.96. The second-order valence-electron chi connectivity index (χ2n) is 4.16. The predicted octanol–water partition coefficient (Wildman–Crippen LogP) is 1.07. The van der Waals surface area contributed by atoms with Crippen molar-refractivity contribution in [3.05, 3.63) is 33.9 Å². The Morgan fingerprint density at radius 2 is 2.26 bits per heavy atom. The molecule has 0 saturated heterocycles. The van der Waals surface area contributed by atoms with Gasteiger partial charge in [-0.15, -0.1) is 0 Å². The molecule has 104 valence electrons. The molecule has 1 aromatic rings. The highest BCUT2D eigenvalue weighted by Crippen LogP contribution is 2.23. The second-order valence-corrected chi connectivity index (χ2v) is 4.16. The average molecular weight is 267 g/mol. The Balaban J connectivity index is 2.89. The van der Waals surface area contributed by atoms with Crippen LogP contribution in [0.5, 0.6) is 5.75 Å². The second kappa shape index (κ2) is 6.69. The number of nitro groups is 1. The van der Waals surface area contributed by atoms with Crippen molar-refractivity contribution in [1.82, 2.24) is 5.32 Å². The summed E-state index contributed by atoms with van der Waals surface area (Å²) in [5.41, 5.74) is 5.29. The molecule has 7 nitrogen and oxygen atoms in total. The first-order valence-corrected chi connectivity index (χ1v) is 5.82. The molecule has 19 heavy (non-hydrogen) atoms. The number of nitrogens with zero attached hydrogens (tertiary/aromatic N) is 1. The zero-order valence-electron chi connectivity index (χ0n) is 10.9. The van der Waals surface area contributed by atoms with Gasteiger partial charge in [-0.05, 0) is 25.5 Å². The molecule has 0 spiro atoms. The zero-order chi connectivity index (χ0) is 14.4. The van der Waals surface area contributed by atoms with Crippen LogP contribution in [0.3, 0.4) is 0 Å². The van der Waals surface area contributed by atoms with E-state index >= 15 is 0 Å². The minimum atomic E-state index is -0.597. The highest BCUT2D eigenvalue weighted by molar-refractivity contribution is 5.98. The van der Waals surface area contributed by atoms with Gasteiger partial charge in [-0.2, -0.15) is 0 Å². The van der Waals surface area contributed by atoms with Crippen molar-refractivity contribution in [2.75, 3.05) is 13.7 Å². The van der Waals surface area contributed by atoms with Crippen LogP contribution in [-0.4, -0.2) is 30.5 Å². The van der Waals surface area contributed by atoms with Gasteiger partial charge in [-0.3, -0.25) is 14.9 Å². The van der Waals surface area contributed by atoms with E-state index in [1.165, 1.54) is 25.3 Å². The first-order chi connectivity index (χ1) is 8.95. The number of hydrogen-bond donors (Lipinski definition) is 2. The number of hydrogen-bond acceptors (Lipinski definition) is 5. The van der Waals surface area contributed by atoms with Crippen molar-refractivity contribution in [1.29, 1.82) is 0 Å². The van der Waals surface area contributed by atoms with Crippen molar-refractivity contribution < 1.29 is 14.5 Å². The van der Waals surface area contributed by atoms with Gasteiger partial charge in [0.25, 0.3) is 11.6 Å². The Hall–Kier alpha value is -2.15. The van der Waals surface area contributed by atoms with Crippen LogP contribution in [-0.2, 0) is 0 Å². The largest absolute Gasteiger partial charge is 0.497 e. The van der Waals surface area contributed by atoms with Gasteiger partial charge >= 0.3 is 0 Å². The summed E-state index contributed by atoms with van der Waals surface area (Å²) in [4.78, 5) is 22.2. The lowest BCUT2D eigenvalue weighted by atomic mass is 10.1. The van der Waals surface area contributed by atoms with Gasteiger partial charge in [-0.1, -0.05) is 0 Å². The minimum absolute atomic E-state index is 0.0194. The molecule has 7 heteroatoms. The van der Waals surface area contributed by atoms with Gasteiger partial charge < -0.3 is 15.8 Å². The van der Waals surface area contributed by atoms with Crippen molar-refractivity contribution in [3.8, 4) is 5.75 Å². The average Bonchev–Trinajstić information content (AvgIpc) is 2.37. The number of nitrogens with one attached hydrogen (secondary N) is 1. The van der Waals surface area contributed by atoms with Crippen LogP contribution in [0.15, 0.2) is 18.2 Å². The smallest absolute Gasteiger partial charge is 0.282 e. The molecule has 0 heterocycles. The van der Waals surface area contributed by atoms with Crippen LogP contribution < -0.4 is 15.8 Å². The van der Waals surface area contributed by atoms with Gasteiger partial charge in [0, 0.05) is 18.7 Å². The number of benzene rings is 1. The molecule has 1 unspecified atom stereocenters. The summed E-state index contributed by atoms with van der Waals surface area (Å²) in [6.07, 6.45) is 0.601. The van der Waals surface area contributed by atoms with Gasteiger partial charge in [0.15, 0.2) is 0 Å². The third-order valence-corrected chi connectivity index (χ3v) is 2.53. The SMILES string of the molecule is COc1ccc([N+](=O)[O-])c(C(=O)NCCC(C)N)c1. The van der Waals surface area contributed by atoms with Crippen LogP contribution in [0.2, 0.25) is 0 Å². The minimum Gasteiger partial charge on any atom is -0.497 e. The van der Waals surface area contributed by atoms with Crippen LogP contribution >= 0.6 is 0 Å². The zero-order valence-corrected chi connectivity index (χ0v) is 10.9. The highest BCUT2D eigenvalue weighted by atomic mass is 16.6. The summed E-state index contributed by atoms with van der Waals surface area (Å²) >= 11 is 0. The molecular formula is C12H17N3O4. The van der Waals surface area contributed by atoms with Gasteiger partial charge in [0.1, 0.15) is 11.3 Å². The summed E-state index contributed by atoms with van der Waals surface area (Å²) in [7, 11) is 1.43. The molecule has 0 aliphatic heterocycles. The van der Waals surface area contributed by atoms with E-state index in [1.807, 2.05) is 6.92 Å². The number of nitro benzene ring substituents is 1. The topological polar surface area (TPSA) is 107 Å². The molecule has 0 aromatic heterocycles. The first-order valence-electron chi connectivity index (χ1n) is 5.82. The van der Waals surface area contributed by atoms with E-state index < -0.39 is 10.8 Å². The van der Waals surface area contributed by atoms with Crippen LogP contribution in [0.4, 0.5) is 5.69 Å². The van der Waals surface area contributed by atoms with Gasteiger partial charge in [0.05, 0.1) is 12.0 Å². The maximum Gasteiger partial charge on any atom is 0.282 e. The molecule has 0 bridgehead atoms. The van der Waals surface area contributed by atoms with Crippen LogP contribution in [0.1, 0.15) is 23.7 Å². The number of ether oxygens (including phenoxy) is 1. The van der Waals surface area contributed by atoms with Crippen LogP contribution in [0.25, 0.3) is 0 Å². The van der Waals surface area contributed by atoms with E-state index in [9.17, 15) is 14.9 Å². The molecule has 0 aliphatic carbocycles. The van der Waals surface area contributed by atoms with E-state index in [4.69, 9.17) is 10.5 Å². The lowest BCUT2D eigenvalue weighted by molar-refractivity contribution is -0.385. The fraction of sp³-hybridized carbons (Fsp3) is 0.417. The Morgan fingerprint density at radius 3 is 2.79 bits per heavy atom. The maximum absolute atomic E-state index is 11.9. The lowest BCUT2D eigenvalue weighted by Crippen LogP contribution is -2.29. The van der Waals surface area contributed by atoms with E-state index in [-0.39, 0.29) is 17.3 Å². The molecule has 1 aromatic carbocycles. The molecule has 1 atom stereocenters. The molecule has 1 rings (SSSR count). The Bertz CT molecular complexity index is 474. The van der Waals surface area contributed by atoms with Crippen molar-refractivity contribution >= 4 is 11.6 Å². The Labute approximate surface area is 110 Å². The van der Waals surface area contributed by atoms with E-state index in [1.54, 1.807) is 0 Å². The number of rotatable bonds is 6. The predicted molar refractivity (Wildman–Crippen MR) is 70.2 cm³/mol.